The van der Waals surface area contributed by atoms with Gasteiger partial charge in [-0.2, -0.15) is 0 Å². The maximum atomic E-state index is 13.3. The molecule has 2 aromatic rings. The minimum Gasteiger partial charge on any atom is -1.00 e. The van der Waals surface area contributed by atoms with Crippen molar-refractivity contribution in [2.24, 2.45) is 0 Å². The van der Waals surface area contributed by atoms with E-state index in [1.54, 1.807) is 13.2 Å². The van der Waals surface area contributed by atoms with Crippen LogP contribution in [0.1, 0.15) is 50.1 Å². The Morgan fingerprint density at radius 3 is 1.66 bits per heavy atom. The number of carbonyl (C=O) groups excluding carboxylic acids is 1. The first-order valence-electron chi connectivity index (χ1n) is 14.5. The average molecular weight is 717 g/mol. The third-order valence-corrected chi connectivity index (χ3v) is 7.29. The van der Waals surface area contributed by atoms with Crippen LogP contribution in [0.3, 0.4) is 0 Å². The van der Waals surface area contributed by atoms with Gasteiger partial charge in [0.25, 0.3) is 17.8 Å². The first-order chi connectivity index (χ1) is 21.7. The second-order valence-corrected chi connectivity index (χ2v) is 10.3. The summed E-state index contributed by atoms with van der Waals surface area (Å²) in [5.74, 6) is 0.436. The zero-order valence-electron chi connectivity index (χ0n) is 28.2. The van der Waals surface area contributed by atoms with Crippen LogP contribution in [0.2, 0.25) is 0 Å². The van der Waals surface area contributed by atoms with Crippen LogP contribution < -0.4 is 128 Å². The number of hydrogen-bond acceptors (Lipinski definition) is 13. The molecule has 18 heteroatoms. The number of nitro groups is 2. The molecule has 0 spiro atoms. The molecule has 0 atom stereocenters. The number of morpholine rings is 2. The van der Waals surface area contributed by atoms with Crippen LogP contribution in [-0.2, 0) is 19.2 Å². The minimum absolute atomic E-state index is 0. The molecule has 2 saturated carbocycles. The maximum Gasteiger partial charge on any atom is 1.00 e. The molecule has 0 amide bonds. The Morgan fingerprint density at radius 2 is 1.30 bits per heavy atom. The van der Waals surface area contributed by atoms with E-state index in [0.29, 0.717) is 30.4 Å². The molecular formula is C29H39FK2N4O11. The fraction of sp³-hybridized carbons (Fsp3) is 0.552. The van der Waals surface area contributed by atoms with Gasteiger partial charge in [0.2, 0.25) is 0 Å². The molecule has 6 rings (SSSR count). The predicted octanol–water partition coefficient (Wildman–Crippen LogP) is -2.90. The number of halogens is 1. The number of rotatable bonds is 8. The largest absolute Gasteiger partial charge is 1.00 e. The predicted molar refractivity (Wildman–Crippen MR) is 158 cm³/mol. The molecule has 0 unspecified atom stereocenters. The fourth-order valence-corrected chi connectivity index (χ4v) is 4.78. The van der Waals surface area contributed by atoms with Gasteiger partial charge in [-0.25, -0.2) is 4.39 Å². The molecule has 4 aliphatic rings. The molecule has 47 heavy (non-hydrogen) atoms. The van der Waals surface area contributed by atoms with Crippen LogP contribution in [0.4, 0.5) is 21.5 Å². The van der Waals surface area contributed by atoms with E-state index in [4.69, 9.17) is 29.0 Å². The van der Waals surface area contributed by atoms with Crippen LogP contribution in [0.15, 0.2) is 24.3 Å². The van der Waals surface area contributed by atoms with E-state index in [9.17, 15) is 24.6 Å². The van der Waals surface area contributed by atoms with E-state index < -0.39 is 10.7 Å². The second-order valence-electron chi connectivity index (χ2n) is 10.3. The van der Waals surface area contributed by atoms with Gasteiger partial charge in [-0.3, -0.25) is 25.0 Å². The monoisotopic (exact) mass is 716 g/mol. The third-order valence-electron chi connectivity index (χ3n) is 7.29. The molecule has 4 fully saturated rings. The molecule has 2 aliphatic heterocycles. The third kappa shape index (κ3) is 14.5. The number of anilines is 1. The van der Waals surface area contributed by atoms with Crippen molar-refractivity contribution < 1.29 is 152 Å². The molecule has 2 aliphatic carbocycles. The number of hydrogen-bond donors (Lipinski definition) is 1. The van der Waals surface area contributed by atoms with E-state index in [-0.39, 0.29) is 139 Å². The van der Waals surface area contributed by atoms with Crippen molar-refractivity contribution in [1.82, 2.24) is 5.32 Å². The molecule has 0 aromatic heterocycles. The first kappa shape index (κ1) is 44.2. The molecule has 15 nitrogen and oxygen atoms in total. The normalized spacial score (nSPS) is 16.4. The van der Waals surface area contributed by atoms with Crippen molar-refractivity contribution >= 4 is 23.5 Å². The van der Waals surface area contributed by atoms with Gasteiger partial charge < -0.3 is 40.7 Å². The number of nitrogens with one attached hydrogen (secondary N) is 1. The summed E-state index contributed by atoms with van der Waals surface area (Å²) in [5, 5.41) is 33.6. The Morgan fingerprint density at radius 1 is 0.851 bits per heavy atom. The molecule has 2 heterocycles. The summed E-state index contributed by atoms with van der Waals surface area (Å²) < 4.78 is 33.8. The molecule has 2 aromatic carbocycles. The quantitative estimate of drug-likeness (QED) is 0.0965. The Kier molecular flexibility index (Phi) is 22.1. The van der Waals surface area contributed by atoms with Crippen LogP contribution in [0, 0.1) is 26.0 Å². The summed E-state index contributed by atoms with van der Waals surface area (Å²) >= 11 is 0. The van der Waals surface area contributed by atoms with Gasteiger partial charge in [-0.1, -0.05) is 0 Å². The first-order valence-corrected chi connectivity index (χ1v) is 14.5. The SMILES string of the molecule is C1COCCN1.COc1cc([N+](=O)[O-])c(C2CC2)cc1F.COc1cc([N+](=O)[O-])c(C2CC2)cc1N1CCOCC1.O=CO[O-].[H-].[K+].[K+]. The van der Waals surface area contributed by atoms with Crippen molar-refractivity contribution in [1.29, 1.82) is 0 Å². The van der Waals surface area contributed by atoms with E-state index in [2.05, 4.69) is 15.1 Å². The Hall–Kier alpha value is -0.847. The summed E-state index contributed by atoms with van der Waals surface area (Å²) in [6.45, 7) is 6.59. The Labute approximate surface area is 358 Å². The molecule has 0 bridgehead atoms. The summed E-state index contributed by atoms with van der Waals surface area (Å²) in [6.07, 6.45) is 3.87. The zero-order chi connectivity index (χ0) is 32.8. The molecule has 2 saturated heterocycles. The summed E-state index contributed by atoms with van der Waals surface area (Å²) in [5.41, 5.74) is 2.41. The van der Waals surface area contributed by atoms with Crippen molar-refractivity contribution in [3.63, 3.8) is 0 Å². The van der Waals surface area contributed by atoms with Crippen molar-refractivity contribution in [2.75, 3.05) is 71.7 Å². The number of nitrogens with zero attached hydrogens (tertiary/aromatic N) is 3. The number of nitro benzene ring substituents is 2. The number of benzene rings is 2. The van der Waals surface area contributed by atoms with Crippen molar-refractivity contribution in [2.45, 2.75) is 37.5 Å². The average Bonchev–Trinajstić information content (AvgIpc) is 4.00. The Balaban J connectivity index is 0.000000696. The number of carbonyl (C=O) groups is 1. The summed E-state index contributed by atoms with van der Waals surface area (Å²) in [6, 6.07) is 5.88. The summed E-state index contributed by atoms with van der Waals surface area (Å²) in [4.78, 5) is 34.6. The number of ether oxygens (including phenoxy) is 4. The van der Waals surface area contributed by atoms with Crippen LogP contribution >= 0.6 is 0 Å². The van der Waals surface area contributed by atoms with Crippen LogP contribution in [-0.4, -0.2) is 83.1 Å². The van der Waals surface area contributed by atoms with Gasteiger partial charge in [-0.05, 0) is 49.7 Å². The minimum atomic E-state index is -0.537. The summed E-state index contributed by atoms with van der Waals surface area (Å²) in [7, 11) is 2.85. The standard InChI is InChI=1S/C14H18N2O4.C10H10FNO3.C4H9NO.CH2O3.2K.H/c1-19-14-9-12(16(17)18)11(10-2-3-10)8-13(14)15-4-6-20-7-5-15;1-15-10-5-9(12(13)14)7(4-8(10)11)6-2-3-6;1-3-6-4-2-5-1;2-1-4-3;;;/h8-10H,2-7H2,1H3;4-6H,2-3H2,1H3;5H,1-4H2;1,3H;;;/q;;;;2*+1;-1/p-1. The van der Waals surface area contributed by atoms with Crippen LogP contribution in [0.5, 0.6) is 11.5 Å². The van der Waals surface area contributed by atoms with Gasteiger partial charge in [-0.15, -0.1) is 0 Å². The Bertz CT molecular complexity index is 1290. The molecule has 250 valence electrons. The zero-order valence-corrected chi connectivity index (χ0v) is 33.5. The maximum absolute atomic E-state index is 13.3. The van der Waals surface area contributed by atoms with Gasteiger partial charge in [0.1, 0.15) is 5.75 Å². The number of methoxy groups -OCH3 is 2. The van der Waals surface area contributed by atoms with Gasteiger partial charge in [0.05, 0.1) is 68.3 Å². The van der Waals surface area contributed by atoms with E-state index >= 15 is 0 Å². The molecule has 1 N–H and O–H groups in total. The molecular weight excluding hydrogens is 678 g/mol. The molecule has 0 radical (unpaired) electrons. The van der Waals surface area contributed by atoms with Crippen molar-refractivity contribution in [3.05, 3.63) is 61.4 Å². The fourth-order valence-electron chi connectivity index (χ4n) is 4.78. The second kappa shape index (κ2) is 23.5. The van der Waals surface area contributed by atoms with E-state index in [1.165, 1.54) is 13.2 Å². The smallest absolute Gasteiger partial charge is 1.00 e. The van der Waals surface area contributed by atoms with Gasteiger partial charge in [0.15, 0.2) is 11.6 Å². The van der Waals surface area contributed by atoms with Crippen LogP contribution in [0.25, 0.3) is 0 Å². The van der Waals surface area contributed by atoms with Crippen molar-refractivity contribution in [3.8, 4) is 11.5 Å². The van der Waals surface area contributed by atoms with E-state index in [1.807, 2.05) is 6.07 Å². The van der Waals surface area contributed by atoms with Gasteiger partial charge in [0, 0.05) is 37.3 Å². The van der Waals surface area contributed by atoms with E-state index in [0.717, 1.165) is 82.4 Å². The van der Waals surface area contributed by atoms with Gasteiger partial charge >= 0.3 is 103 Å². The topological polar surface area (TPSA) is 188 Å².